The Bertz CT molecular complexity index is 1570. The van der Waals surface area contributed by atoms with Gasteiger partial charge in [0.1, 0.15) is 12.6 Å². The van der Waals surface area contributed by atoms with Crippen LogP contribution in [0, 0.1) is 0 Å². The van der Waals surface area contributed by atoms with Crippen LogP contribution in [-0.4, -0.2) is 51.0 Å². The van der Waals surface area contributed by atoms with Crippen LogP contribution in [0.2, 0.25) is 5.02 Å². The molecule has 0 unspecified atom stereocenters. The number of carbonyl (C=O) groups excluding carboxylic acids is 2. The van der Waals surface area contributed by atoms with Crippen molar-refractivity contribution in [3.8, 4) is 0 Å². The van der Waals surface area contributed by atoms with Crippen molar-refractivity contribution in [3.05, 3.63) is 113 Å². The van der Waals surface area contributed by atoms with Gasteiger partial charge in [0, 0.05) is 30.4 Å². The summed E-state index contributed by atoms with van der Waals surface area (Å²) in [6.07, 6.45) is 1.31. The van der Waals surface area contributed by atoms with Crippen LogP contribution in [0.15, 0.2) is 97.1 Å². The van der Waals surface area contributed by atoms with Crippen molar-refractivity contribution < 1.29 is 18.0 Å². The number of fused-ring (bicyclic) bond motifs is 1. The van der Waals surface area contributed by atoms with E-state index in [2.05, 4.69) is 5.32 Å². The normalized spacial score (nSPS) is 12.1. The van der Waals surface area contributed by atoms with Crippen LogP contribution in [-0.2, 0) is 32.6 Å². The largest absolute Gasteiger partial charge is 0.357 e. The topological polar surface area (TPSA) is 86.8 Å². The fourth-order valence-electron chi connectivity index (χ4n) is 4.55. The molecule has 39 heavy (non-hydrogen) atoms. The quantitative estimate of drug-likeness (QED) is 0.304. The standard InChI is InChI=1S/C30H30ClN3O4S/c1-32-30(36)28(19-22-11-4-3-5-12-22)33(20-24-14-7-9-17-26(24)31)29(35)21-34(39(2,37)38)27-18-10-15-23-13-6-8-16-25(23)27/h3-18,28H,19-21H2,1-2H3,(H,32,36)/t28-/m0/s1. The molecule has 0 saturated carbocycles. The maximum atomic E-state index is 14.1. The van der Waals surface area contributed by atoms with Gasteiger partial charge in [-0.1, -0.05) is 96.5 Å². The first-order valence-electron chi connectivity index (χ1n) is 12.4. The third-order valence-corrected chi connectivity index (χ3v) is 8.03. The average molecular weight is 564 g/mol. The molecule has 0 aliphatic carbocycles. The molecule has 0 aromatic heterocycles. The molecule has 4 aromatic carbocycles. The zero-order valence-electron chi connectivity index (χ0n) is 21.7. The summed E-state index contributed by atoms with van der Waals surface area (Å²) in [5, 5.41) is 4.65. The van der Waals surface area contributed by atoms with E-state index in [1.807, 2.05) is 60.7 Å². The summed E-state index contributed by atoms with van der Waals surface area (Å²) in [4.78, 5) is 28.7. The highest BCUT2D eigenvalue weighted by Crippen LogP contribution is 2.29. The van der Waals surface area contributed by atoms with Gasteiger partial charge in [0.15, 0.2) is 0 Å². The molecule has 0 spiro atoms. The van der Waals surface area contributed by atoms with Gasteiger partial charge in [-0.05, 0) is 28.6 Å². The molecule has 1 atom stereocenters. The van der Waals surface area contributed by atoms with E-state index < -0.39 is 28.5 Å². The highest BCUT2D eigenvalue weighted by Gasteiger charge is 2.33. The number of anilines is 1. The molecule has 0 bridgehead atoms. The number of likely N-dealkylation sites (N-methyl/N-ethyl adjacent to an activating group) is 1. The lowest BCUT2D eigenvalue weighted by Gasteiger charge is -2.33. The minimum Gasteiger partial charge on any atom is -0.357 e. The Morgan fingerprint density at radius 1 is 0.872 bits per heavy atom. The van der Waals surface area contributed by atoms with Gasteiger partial charge in [0.25, 0.3) is 0 Å². The molecule has 2 amide bonds. The fraction of sp³-hybridized carbons (Fsp3) is 0.200. The molecule has 202 valence electrons. The van der Waals surface area contributed by atoms with E-state index in [-0.39, 0.29) is 18.9 Å². The van der Waals surface area contributed by atoms with Crippen molar-refractivity contribution in [3.63, 3.8) is 0 Å². The maximum Gasteiger partial charge on any atom is 0.244 e. The Labute approximate surface area is 234 Å². The van der Waals surface area contributed by atoms with Gasteiger partial charge >= 0.3 is 0 Å². The first-order valence-corrected chi connectivity index (χ1v) is 14.7. The molecule has 0 aliphatic rings. The van der Waals surface area contributed by atoms with Gasteiger partial charge in [-0.2, -0.15) is 0 Å². The van der Waals surface area contributed by atoms with Crippen molar-refractivity contribution in [2.75, 3.05) is 24.2 Å². The van der Waals surface area contributed by atoms with Crippen LogP contribution < -0.4 is 9.62 Å². The maximum absolute atomic E-state index is 14.1. The van der Waals surface area contributed by atoms with E-state index in [1.54, 1.807) is 36.4 Å². The highest BCUT2D eigenvalue weighted by atomic mass is 35.5. The number of benzene rings is 4. The fourth-order valence-corrected chi connectivity index (χ4v) is 5.61. The Hall–Kier alpha value is -3.88. The zero-order chi connectivity index (χ0) is 28.0. The Morgan fingerprint density at radius 3 is 2.21 bits per heavy atom. The third-order valence-electron chi connectivity index (χ3n) is 6.53. The Balaban J connectivity index is 1.77. The number of rotatable bonds is 10. The number of hydrogen-bond donors (Lipinski definition) is 1. The lowest BCUT2D eigenvalue weighted by atomic mass is 10.0. The molecule has 0 aliphatic heterocycles. The second-order valence-electron chi connectivity index (χ2n) is 9.20. The molecule has 4 aromatic rings. The number of sulfonamides is 1. The summed E-state index contributed by atoms with van der Waals surface area (Å²) in [5.41, 5.74) is 1.89. The van der Waals surface area contributed by atoms with Crippen LogP contribution in [0.1, 0.15) is 11.1 Å². The minimum atomic E-state index is -3.87. The van der Waals surface area contributed by atoms with Crippen LogP contribution in [0.4, 0.5) is 5.69 Å². The van der Waals surface area contributed by atoms with Gasteiger partial charge < -0.3 is 10.2 Å². The Kier molecular flexibility index (Phi) is 8.89. The van der Waals surface area contributed by atoms with Crippen LogP contribution in [0.3, 0.4) is 0 Å². The first-order chi connectivity index (χ1) is 18.7. The summed E-state index contributed by atoms with van der Waals surface area (Å²) in [6, 6.07) is 28.2. The summed E-state index contributed by atoms with van der Waals surface area (Å²) < 4.78 is 27.2. The smallest absolute Gasteiger partial charge is 0.244 e. The lowest BCUT2D eigenvalue weighted by Crippen LogP contribution is -2.53. The average Bonchev–Trinajstić information content (AvgIpc) is 2.93. The van der Waals surface area contributed by atoms with E-state index in [1.165, 1.54) is 11.9 Å². The lowest BCUT2D eigenvalue weighted by molar-refractivity contribution is -0.139. The monoisotopic (exact) mass is 563 g/mol. The number of nitrogens with zero attached hydrogens (tertiary/aromatic N) is 2. The minimum absolute atomic E-state index is 0.0244. The molecule has 0 saturated heterocycles. The van der Waals surface area contributed by atoms with E-state index in [4.69, 9.17) is 11.6 Å². The highest BCUT2D eigenvalue weighted by molar-refractivity contribution is 7.92. The molecule has 1 N–H and O–H groups in total. The van der Waals surface area contributed by atoms with E-state index in [0.29, 0.717) is 21.7 Å². The van der Waals surface area contributed by atoms with Crippen LogP contribution in [0.25, 0.3) is 10.8 Å². The zero-order valence-corrected chi connectivity index (χ0v) is 23.3. The number of hydrogen-bond acceptors (Lipinski definition) is 4. The van der Waals surface area contributed by atoms with Crippen molar-refractivity contribution in [1.29, 1.82) is 0 Å². The molecule has 0 radical (unpaired) electrons. The van der Waals surface area contributed by atoms with Gasteiger partial charge in [-0.25, -0.2) is 8.42 Å². The molecule has 7 nitrogen and oxygen atoms in total. The van der Waals surface area contributed by atoms with Crippen molar-refractivity contribution in [1.82, 2.24) is 10.2 Å². The van der Waals surface area contributed by atoms with Crippen molar-refractivity contribution in [2.24, 2.45) is 0 Å². The molecular weight excluding hydrogens is 534 g/mol. The Morgan fingerprint density at radius 2 is 1.51 bits per heavy atom. The summed E-state index contributed by atoms with van der Waals surface area (Å²) >= 11 is 6.45. The number of nitrogens with one attached hydrogen (secondary N) is 1. The first kappa shape index (κ1) is 28.1. The predicted octanol–water partition coefficient (Wildman–Crippen LogP) is 4.65. The van der Waals surface area contributed by atoms with Gasteiger partial charge in [-0.15, -0.1) is 0 Å². The molecule has 0 fully saturated rings. The van der Waals surface area contributed by atoms with Gasteiger partial charge in [-0.3, -0.25) is 13.9 Å². The second kappa shape index (κ2) is 12.3. The number of amides is 2. The molecule has 4 rings (SSSR count). The van der Waals surface area contributed by atoms with E-state index in [0.717, 1.165) is 21.5 Å². The summed E-state index contributed by atoms with van der Waals surface area (Å²) in [6.45, 7) is -0.462. The predicted molar refractivity (Wildman–Crippen MR) is 156 cm³/mol. The van der Waals surface area contributed by atoms with E-state index in [9.17, 15) is 18.0 Å². The SMILES string of the molecule is CNC(=O)[C@H](Cc1ccccc1)N(Cc1ccccc1Cl)C(=O)CN(c1cccc2ccccc12)S(C)(=O)=O. The van der Waals surface area contributed by atoms with Crippen molar-refractivity contribution >= 4 is 49.9 Å². The van der Waals surface area contributed by atoms with Crippen LogP contribution in [0.5, 0.6) is 0 Å². The molecular formula is C30H30ClN3O4S. The van der Waals surface area contributed by atoms with Gasteiger partial charge in [0.2, 0.25) is 21.8 Å². The molecule has 9 heteroatoms. The number of halogens is 1. The van der Waals surface area contributed by atoms with E-state index >= 15 is 0 Å². The summed E-state index contributed by atoms with van der Waals surface area (Å²) in [7, 11) is -2.36. The third kappa shape index (κ3) is 6.77. The van der Waals surface area contributed by atoms with Gasteiger partial charge in [0.05, 0.1) is 11.9 Å². The second-order valence-corrected chi connectivity index (χ2v) is 11.5. The number of carbonyl (C=O) groups is 2. The van der Waals surface area contributed by atoms with Crippen molar-refractivity contribution in [2.45, 2.75) is 19.0 Å². The molecule has 0 heterocycles. The summed E-state index contributed by atoms with van der Waals surface area (Å²) in [5.74, 6) is -0.895. The van der Waals surface area contributed by atoms with Crippen LogP contribution >= 0.6 is 11.6 Å².